The SMILES string of the molecule is Cc1cccc(-c2ncc(-c3c(-c4ccccc4)ncn3CCC(N)=O)cn2)c1. The van der Waals surface area contributed by atoms with Crippen LogP contribution in [0.3, 0.4) is 0 Å². The van der Waals surface area contributed by atoms with Gasteiger partial charge in [-0.05, 0) is 13.0 Å². The molecule has 0 aliphatic rings. The molecular weight excluding hydrogens is 362 g/mol. The van der Waals surface area contributed by atoms with Crippen molar-refractivity contribution in [2.45, 2.75) is 19.9 Å². The van der Waals surface area contributed by atoms with Crippen LogP contribution in [0.25, 0.3) is 33.9 Å². The van der Waals surface area contributed by atoms with Crippen LogP contribution in [0.2, 0.25) is 0 Å². The first-order valence-electron chi connectivity index (χ1n) is 9.40. The van der Waals surface area contributed by atoms with E-state index in [4.69, 9.17) is 5.73 Å². The minimum atomic E-state index is -0.350. The van der Waals surface area contributed by atoms with Gasteiger partial charge in [-0.15, -0.1) is 0 Å². The number of benzene rings is 2. The molecule has 6 heteroatoms. The lowest BCUT2D eigenvalue weighted by Crippen LogP contribution is -2.14. The fourth-order valence-corrected chi connectivity index (χ4v) is 3.28. The number of amides is 1. The largest absolute Gasteiger partial charge is 0.370 e. The van der Waals surface area contributed by atoms with E-state index in [-0.39, 0.29) is 12.3 Å². The first-order valence-corrected chi connectivity index (χ1v) is 9.40. The van der Waals surface area contributed by atoms with Gasteiger partial charge in [0, 0.05) is 42.0 Å². The highest BCUT2D eigenvalue weighted by atomic mass is 16.1. The second-order valence-electron chi connectivity index (χ2n) is 6.88. The van der Waals surface area contributed by atoms with Crippen molar-refractivity contribution in [3.8, 4) is 33.9 Å². The molecule has 0 saturated heterocycles. The summed E-state index contributed by atoms with van der Waals surface area (Å²) in [5, 5.41) is 0. The lowest BCUT2D eigenvalue weighted by Gasteiger charge is -2.10. The molecule has 2 N–H and O–H groups in total. The van der Waals surface area contributed by atoms with Crippen molar-refractivity contribution >= 4 is 5.91 Å². The van der Waals surface area contributed by atoms with Gasteiger partial charge in [0.05, 0.1) is 17.7 Å². The maximum absolute atomic E-state index is 11.3. The number of hydrogen-bond donors (Lipinski definition) is 1. The summed E-state index contributed by atoms with van der Waals surface area (Å²) >= 11 is 0. The van der Waals surface area contributed by atoms with Gasteiger partial charge in [0.2, 0.25) is 5.91 Å². The lowest BCUT2D eigenvalue weighted by molar-refractivity contribution is -0.118. The summed E-state index contributed by atoms with van der Waals surface area (Å²) in [6, 6.07) is 18.0. The Hall–Kier alpha value is -3.80. The molecule has 0 aliphatic heterocycles. The average molecular weight is 383 g/mol. The van der Waals surface area contributed by atoms with Gasteiger partial charge in [0.25, 0.3) is 0 Å². The number of nitrogens with zero attached hydrogens (tertiary/aromatic N) is 4. The standard InChI is InChI=1S/C23H21N5O/c1-16-6-5-9-18(12-16)23-25-13-19(14-26-23)22-21(17-7-3-2-4-8-17)27-15-28(22)11-10-20(24)29/h2-9,12-15H,10-11H2,1H3,(H2,24,29). The Morgan fingerprint density at radius 1 is 0.931 bits per heavy atom. The van der Waals surface area contributed by atoms with Crippen molar-refractivity contribution in [3.63, 3.8) is 0 Å². The minimum absolute atomic E-state index is 0.236. The predicted octanol–water partition coefficient (Wildman–Crippen LogP) is 3.86. The molecule has 2 aromatic heterocycles. The zero-order valence-electron chi connectivity index (χ0n) is 16.1. The maximum Gasteiger partial charge on any atom is 0.219 e. The van der Waals surface area contributed by atoms with E-state index < -0.39 is 0 Å². The van der Waals surface area contributed by atoms with Crippen molar-refractivity contribution in [2.24, 2.45) is 5.73 Å². The van der Waals surface area contributed by atoms with E-state index in [2.05, 4.69) is 21.0 Å². The number of nitrogens with two attached hydrogens (primary N) is 1. The van der Waals surface area contributed by atoms with E-state index in [1.807, 2.05) is 60.0 Å². The summed E-state index contributed by atoms with van der Waals surface area (Å²) in [7, 11) is 0. The van der Waals surface area contributed by atoms with E-state index in [1.165, 1.54) is 0 Å². The molecule has 2 heterocycles. The highest BCUT2D eigenvalue weighted by molar-refractivity contribution is 5.79. The summed E-state index contributed by atoms with van der Waals surface area (Å²) in [5.41, 5.74) is 11.0. The summed E-state index contributed by atoms with van der Waals surface area (Å²) < 4.78 is 1.93. The molecule has 4 aromatic rings. The number of primary amides is 1. The van der Waals surface area contributed by atoms with Crippen LogP contribution in [-0.2, 0) is 11.3 Å². The zero-order chi connectivity index (χ0) is 20.2. The van der Waals surface area contributed by atoms with Crippen molar-refractivity contribution in [1.29, 1.82) is 0 Å². The number of hydrogen-bond acceptors (Lipinski definition) is 4. The molecule has 0 radical (unpaired) electrons. The van der Waals surface area contributed by atoms with Gasteiger partial charge in [-0.3, -0.25) is 4.79 Å². The van der Waals surface area contributed by atoms with Crippen LogP contribution in [0.4, 0.5) is 0 Å². The maximum atomic E-state index is 11.3. The van der Waals surface area contributed by atoms with Crippen molar-refractivity contribution in [3.05, 3.63) is 78.9 Å². The van der Waals surface area contributed by atoms with E-state index >= 15 is 0 Å². The number of aromatic nitrogens is 4. The first kappa shape index (κ1) is 18.6. The normalized spacial score (nSPS) is 10.8. The Labute approximate surface area is 169 Å². The Bertz CT molecular complexity index is 1130. The zero-order valence-corrected chi connectivity index (χ0v) is 16.1. The van der Waals surface area contributed by atoms with Gasteiger partial charge in [0.15, 0.2) is 5.82 Å². The molecule has 0 spiro atoms. The molecule has 0 fully saturated rings. The molecule has 1 amide bonds. The summed E-state index contributed by atoms with van der Waals surface area (Å²) in [4.78, 5) is 25.0. The number of aryl methyl sites for hydroxylation is 2. The molecular formula is C23H21N5O. The van der Waals surface area contributed by atoms with Crippen LogP contribution in [0.5, 0.6) is 0 Å². The van der Waals surface area contributed by atoms with Gasteiger partial charge in [-0.25, -0.2) is 15.0 Å². The second kappa shape index (κ2) is 8.06. The van der Waals surface area contributed by atoms with Crippen LogP contribution in [0, 0.1) is 6.92 Å². The second-order valence-corrected chi connectivity index (χ2v) is 6.88. The third-order valence-electron chi connectivity index (χ3n) is 4.69. The lowest BCUT2D eigenvalue weighted by atomic mass is 10.1. The quantitative estimate of drug-likeness (QED) is 0.548. The van der Waals surface area contributed by atoms with E-state index in [0.29, 0.717) is 12.4 Å². The van der Waals surface area contributed by atoms with Gasteiger partial charge < -0.3 is 10.3 Å². The Morgan fingerprint density at radius 2 is 1.66 bits per heavy atom. The highest BCUT2D eigenvalue weighted by Gasteiger charge is 2.16. The molecule has 29 heavy (non-hydrogen) atoms. The fraction of sp³-hybridized carbons (Fsp3) is 0.130. The smallest absolute Gasteiger partial charge is 0.219 e. The van der Waals surface area contributed by atoms with Crippen molar-refractivity contribution in [2.75, 3.05) is 0 Å². The van der Waals surface area contributed by atoms with Gasteiger partial charge in [-0.1, -0.05) is 54.1 Å². The van der Waals surface area contributed by atoms with E-state index in [9.17, 15) is 4.79 Å². The molecule has 0 unspecified atom stereocenters. The third-order valence-corrected chi connectivity index (χ3v) is 4.69. The van der Waals surface area contributed by atoms with Crippen LogP contribution >= 0.6 is 0 Å². The monoisotopic (exact) mass is 383 g/mol. The summed E-state index contributed by atoms with van der Waals surface area (Å²) in [6.45, 7) is 2.49. The molecule has 0 saturated carbocycles. The van der Waals surface area contributed by atoms with E-state index in [0.717, 1.165) is 33.6 Å². The van der Waals surface area contributed by atoms with E-state index in [1.54, 1.807) is 18.7 Å². The predicted molar refractivity (Wildman–Crippen MR) is 113 cm³/mol. The van der Waals surface area contributed by atoms with Gasteiger partial charge >= 0.3 is 0 Å². The molecule has 0 aliphatic carbocycles. The van der Waals surface area contributed by atoms with Crippen LogP contribution in [0.1, 0.15) is 12.0 Å². The molecule has 0 bridgehead atoms. The summed E-state index contributed by atoms with van der Waals surface area (Å²) in [5.74, 6) is 0.318. The molecule has 144 valence electrons. The number of carbonyl (C=O) groups is 1. The Morgan fingerprint density at radius 3 is 2.34 bits per heavy atom. The van der Waals surface area contributed by atoms with Crippen LogP contribution in [-0.4, -0.2) is 25.4 Å². The summed E-state index contributed by atoms with van der Waals surface area (Å²) in [6.07, 6.45) is 5.57. The first-order chi connectivity index (χ1) is 14.1. The van der Waals surface area contributed by atoms with Gasteiger partial charge in [-0.2, -0.15) is 0 Å². The Balaban J connectivity index is 1.76. The third kappa shape index (κ3) is 4.06. The highest BCUT2D eigenvalue weighted by Crippen LogP contribution is 2.31. The minimum Gasteiger partial charge on any atom is -0.370 e. The average Bonchev–Trinajstić information content (AvgIpc) is 3.17. The molecule has 2 aromatic carbocycles. The fourth-order valence-electron chi connectivity index (χ4n) is 3.28. The Kier molecular flexibility index (Phi) is 5.16. The van der Waals surface area contributed by atoms with Crippen molar-refractivity contribution < 1.29 is 4.79 Å². The molecule has 6 nitrogen and oxygen atoms in total. The molecule has 4 rings (SSSR count). The van der Waals surface area contributed by atoms with Crippen LogP contribution < -0.4 is 5.73 Å². The topological polar surface area (TPSA) is 86.7 Å². The van der Waals surface area contributed by atoms with Gasteiger partial charge in [0.1, 0.15) is 0 Å². The van der Waals surface area contributed by atoms with Crippen LogP contribution in [0.15, 0.2) is 73.3 Å². The number of imidazole rings is 1. The molecule has 0 atom stereocenters. The number of carbonyl (C=O) groups excluding carboxylic acids is 1. The number of rotatable bonds is 6. The van der Waals surface area contributed by atoms with Crippen molar-refractivity contribution in [1.82, 2.24) is 19.5 Å².